The molecule has 0 aliphatic carbocycles. The number of hydrogen-bond acceptors (Lipinski definition) is 11. The number of carbonyl (C=O) groups excluding carboxylic acids is 1. The lowest BCUT2D eigenvalue weighted by Gasteiger charge is -2.33. The number of hydrogen-bond donors (Lipinski definition) is 4. The van der Waals surface area contributed by atoms with Crippen molar-refractivity contribution in [3.05, 3.63) is 54.5 Å². The lowest BCUT2D eigenvalue weighted by atomic mass is 9.86. The predicted octanol–water partition coefficient (Wildman–Crippen LogP) is 2.76. The maximum Gasteiger partial charge on any atom is 0.459 e. The van der Waals surface area contributed by atoms with Crippen molar-refractivity contribution in [2.24, 2.45) is 5.41 Å². The van der Waals surface area contributed by atoms with Gasteiger partial charge in [-0.05, 0) is 43.0 Å². The zero-order chi connectivity index (χ0) is 30.8. The van der Waals surface area contributed by atoms with Gasteiger partial charge in [-0.25, -0.2) is 18.5 Å². The minimum atomic E-state index is -4.44. The van der Waals surface area contributed by atoms with Crippen LogP contribution in [0.4, 0.5) is 10.2 Å². The molecule has 13 nitrogen and oxygen atoms in total. The number of anilines is 1. The summed E-state index contributed by atoms with van der Waals surface area (Å²) in [5.41, 5.74) is 1.73. The number of esters is 1. The molecule has 230 valence electrons. The molecular formula is C27H37FN5O8P. The molecule has 0 bridgehead atoms. The van der Waals surface area contributed by atoms with E-state index in [0.717, 1.165) is 6.42 Å². The predicted molar refractivity (Wildman–Crippen MR) is 150 cm³/mol. The molecule has 2 aromatic heterocycles. The van der Waals surface area contributed by atoms with Crippen LogP contribution in [0.15, 0.2) is 48.8 Å². The van der Waals surface area contributed by atoms with Crippen LogP contribution in [0.5, 0.6) is 5.75 Å². The van der Waals surface area contributed by atoms with Crippen LogP contribution < -0.4 is 15.3 Å². The van der Waals surface area contributed by atoms with Crippen LogP contribution in [-0.2, 0) is 29.0 Å². The van der Waals surface area contributed by atoms with Crippen LogP contribution in [0.2, 0.25) is 0 Å². The summed E-state index contributed by atoms with van der Waals surface area (Å²) in [6.45, 7) is 4.69. The Labute approximate surface area is 242 Å². The minimum Gasteiger partial charge on any atom is -0.464 e. The Bertz CT molecular complexity index is 1440. The second-order valence-electron chi connectivity index (χ2n) is 11.1. The van der Waals surface area contributed by atoms with E-state index in [1.54, 1.807) is 18.2 Å². The zero-order valence-corrected chi connectivity index (χ0v) is 24.8. The summed E-state index contributed by atoms with van der Waals surface area (Å²) in [6.07, 6.45) is 0.0227. The van der Waals surface area contributed by atoms with Gasteiger partial charge < -0.3 is 29.9 Å². The fourth-order valence-corrected chi connectivity index (χ4v) is 5.85. The molecule has 0 unspecified atom stereocenters. The molecule has 0 radical (unpaired) electrons. The van der Waals surface area contributed by atoms with Crippen LogP contribution in [0, 0.1) is 5.41 Å². The quantitative estimate of drug-likeness (QED) is 0.165. The Morgan fingerprint density at radius 2 is 2.05 bits per heavy atom. The third-order valence-corrected chi connectivity index (χ3v) is 9.02. The smallest absolute Gasteiger partial charge is 0.459 e. The number of benzene rings is 1. The number of aromatic nitrogens is 3. The topological polar surface area (TPSA) is 180 Å². The van der Waals surface area contributed by atoms with Crippen LogP contribution in [0.3, 0.4) is 0 Å². The maximum atomic E-state index is 14.7. The van der Waals surface area contributed by atoms with E-state index < -0.39 is 57.0 Å². The average Bonchev–Trinajstić information content (AvgIpc) is 3.52. The third kappa shape index (κ3) is 6.43. The number of carbonyl (C=O) groups is 1. The molecule has 3 heterocycles. The number of nitrogens with one attached hydrogen (secondary N) is 1. The number of nitrogens with zero attached hydrogens (tertiary/aromatic N) is 3. The second-order valence-corrected chi connectivity index (χ2v) is 12.8. The molecule has 1 aromatic carbocycles. The number of alkyl halides is 1. The van der Waals surface area contributed by atoms with Gasteiger partial charge in [-0.2, -0.15) is 10.2 Å². The van der Waals surface area contributed by atoms with E-state index in [9.17, 15) is 24.0 Å². The highest BCUT2D eigenvalue weighted by Gasteiger charge is 2.60. The summed E-state index contributed by atoms with van der Waals surface area (Å²) in [4.78, 5) is 16.6. The number of halogens is 1. The van der Waals surface area contributed by atoms with Crippen molar-refractivity contribution in [1.29, 1.82) is 0 Å². The van der Waals surface area contributed by atoms with Crippen LogP contribution in [0.1, 0.15) is 39.8 Å². The molecule has 0 amide bonds. The molecular weight excluding hydrogens is 572 g/mol. The number of nitrogen functional groups attached to an aromatic ring is 1. The number of aliphatic hydroxyl groups is 2. The Morgan fingerprint density at radius 3 is 2.71 bits per heavy atom. The molecule has 42 heavy (non-hydrogen) atoms. The lowest BCUT2D eigenvalue weighted by molar-refractivity contribution is -0.148. The van der Waals surface area contributed by atoms with Crippen molar-refractivity contribution < 1.29 is 42.5 Å². The van der Waals surface area contributed by atoms with E-state index >= 15 is 0 Å². The van der Waals surface area contributed by atoms with Crippen LogP contribution >= 0.6 is 7.75 Å². The van der Waals surface area contributed by atoms with Gasteiger partial charge in [-0.15, -0.1) is 0 Å². The fourth-order valence-electron chi connectivity index (χ4n) is 4.30. The first-order valence-corrected chi connectivity index (χ1v) is 14.9. The summed E-state index contributed by atoms with van der Waals surface area (Å²) in [6, 6.07) is 9.85. The Balaban J connectivity index is 1.56. The summed E-state index contributed by atoms with van der Waals surface area (Å²) in [5, 5.41) is 29.4. The number of ether oxygens (including phenoxy) is 2. The SMILES string of the molecule is CCC(C)(C)COC(=O)[C@H](C)N[P@](=O)(OC[C@@]1(CF)OC[C@@](O)(c2ccc3c(N)ncnn23)[C@@H]1O)Oc1ccccc1. The van der Waals surface area contributed by atoms with Gasteiger partial charge in [-0.1, -0.05) is 39.0 Å². The van der Waals surface area contributed by atoms with Crippen molar-refractivity contribution in [3.63, 3.8) is 0 Å². The summed E-state index contributed by atoms with van der Waals surface area (Å²) in [5.74, 6) is -0.439. The van der Waals surface area contributed by atoms with Gasteiger partial charge in [0.15, 0.2) is 11.4 Å². The summed E-state index contributed by atoms with van der Waals surface area (Å²) in [7, 11) is -4.44. The minimum absolute atomic E-state index is 0.0719. The van der Waals surface area contributed by atoms with E-state index in [4.69, 9.17) is 24.3 Å². The van der Waals surface area contributed by atoms with Gasteiger partial charge in [0.05, 0.1) is 25.5 Å². The molecule has 5 N–H and O–H groups in total. The summed E-state index contributed by atoms with van der Waals surface area (Å²) >= 11 is 0. The van der Waals surface area contributed by atoms with Crippen LogP contribution in [-0.4, -0.2) is 75.0 Å². The molecule has 1 aliphatic rings. The first kappa shape index (κ1) is 31.8. The Morgan fingerprint density at radius 1 is 1.33 bits per heavy atom. The van der Waals surface area contributed by atoms with Gasteiger partial charge >= 0.3 is 13.7 Å². The normalized spacial score (nSPS) is 24.8. The first-order valence-electron chi connectivity index (χ1n) is 13.4. The summed E-state index contributed by atoms with van der Waals surface area (Å²) < 4.78 is 52.1. The number of fused-ring (bicyclic) bond motifs is 1. The van der Waals surface area contributed by atoms with E-state index in [1.165, 1.54) is 42.0 Å². The Hall–Kier alpha value is -3.13. The number of rotatable bonds is 13. The van der Waals surface area contributed by atoms with E-state index in [1.807, 2.05) is 20.8 Å². The molecule has 5 atom stereocenters. The molecule has 0 saturated carbocycles. The van der Waals surface area contributed by atoms with E-state index in [-0.39, 0.29) is 29.3 Å². The third-order valence-electron chi connectivity index (χ3n) is 7.40. The highest BCUT2D eigenvalue weighted by Crippen LogP contribution is 2.48. The van der Waals surface area contributed by atoms with Gasteiger partial charge in [0.1, 0.15) is 42.0 Å². The number of para-hydroxylation sites is 1. The largest absolute Gasteiger partial charge is 0.464 e. The van der Waals surface area contributed by atoms with E-state index in [0.29, 0.717) is 5.52 Å². The highest BCUT2D eigenvalue weighted by atomic mass is 31.2. The molecule has 1 aliphatic heterocycles. The molecule has 0 spiro atoms. The fraction of sp³-hybridized carbons (Fsp3) is 0.519. The molecule has 4 rings (SSSR count). The van der Waals surface area contributed by atoms with Gasteiger partial charge in [0.2, 0.25) is 0 Å². The zero-order valence-electron chi connectivity index (χ0n) is 23.9. The average molecular weight is 610 g/mol. The molecule has 1 saturated heterocycles. The van der Waals surface area contributed by atoms with Crippen molar-refractivity contribution in [2.45, 2.75) is 57.5 Å². The first-order chi connectivity index (χ1) is 19.8. The van der Waals surface area contributed by atoms with Gasteiger partial charge in [0, 0.05) is 0 Å². The molecule has 3 aromatic rings. The van der Waals surface area contributed by atoms with Crippen molar-refractivity contribution >= 4 is 25.1 Å². The molecule has 15 heteroatoms. The monoisotopic (exact) mass is 609 g/mol. The lowest BCUT2D eigenvalue weighted by Crippen LogP contribution is -2.53. The Kier molecular flexibility index (Phi) is 9.26. The van der Waals surface area contributed by atoms with Gasteiger partial charge in [-0.3, -0.25) is 9.32 Å². The van der Waals surface area contributed by atoms with E-state index in [2.05, 4.69) is 15.2 Å². The molecule has 1 fully saturated rings. The maximum absolute atomic E-state index is 14.7. The number of aliphatic hydroxyl groups excluding tert-OH is 1. The highest BCUT2D eigenvalue weighted by molar-refractivity contribution is 7.52. The van der Waals surface area contributed by atoms with Crippen molar-refractivity contribution in [1.82, 2.24) is 19.7 Å². The standard InChI is InChI=1S/C27H37FN5O8P/c1-5-25(3,4)14-38-23(34)18(2)32-42(37,41-19-9-7-6-8-10-19)40-15-26(13-28)24(35)27(36,16-39-26)21-12-11-20-22(29)30-17-31-33(20)21/h6-12,17-18,24,35-36H,5,13-16H2,1-4H3,(H,32,37)(H2,29,30,31)/t18-,24+,26+,27+,42-/m0/s1. The number of nitrogens with two attached hydrogens (primary N) is 1. The van der Waals surface area contributed by atoms with Gasteiger partial charge in [0.25, 0.3) is 0 Å². The van der Waals surface area contributed by atoms with Crippen LogP contribution in [0.25, 0.3) is 5.52 Å². The van der Waals surface area contributed by atoms with Crippen molar-refractivity contribution in [3.8, 4) is 5.75 Å². The van der Waals surface area contributed by atoms with Crippen molar-refractivity contribution in [2.75, 3.05) is 32.2 Å². The second kappa shape index (κ2) is 12.2.